The van der Waals surface area contributed by atoms with Crippen LogP contribution in [0.5, 0.6) is 0 Å². The van der Waals surface area contributed by atoms with Gasteiger partial charge in [-0.3, -0.25) is 4.90 Å². The molecule has 3 aliphatic rings. The third kappa shape index (κ3) is 2.67. The number of nitrogens with one attached hydrogen (secondary N) is 1. The van der Waals surface area contributed by atoms with E-state index in [2.05, 4.69) is 29.3 Å². The van der Waals surface area contributed by atoms with Crippen molar-refractivity contribution in [1.29, 1.82) is 0 Å². The smallest absolute Gasteiger partial charge is 0.158 e. The van der Waals surface area contributed by atoms with Crippen molar-refractivity contribution in [3.05, 3.63) is 41.6 Å². The number of rotatable bonds is 2. The van der Waals surface area contributed by atoms with Gasteiger partial charge in [0.05, 0.1) is 6.04 Å². The van der Waals surface area contributed by atoms with E-state index < -0.39 is 0 Å². The fourth-order valence-corrected chi connectivity index (χ4v) is 4.86. The minimum atomic E-state index is -0.178. The molecule has 1 aliphatic carbocycles. The monoisotopic (exact) mass is 327 g/mol. The number of hydrogen-bond acceptors (Lipinski definition) is 3. The Kier molecular flexibility index (Phi) is 4.15. The van der Waals surface area contributed by atoms with Crippen LogP contribution < -0.4 is 9.96 Å². The Morgan fingerprint density at radius 3 is 2.50 bits per heavy atom. The second-order valence-corrected chi connectivity index (χ2v) is 7.91. The Morgan fingerprint density at radius 2 is 1.79 bits per heavy atom. The molecule has 4 rings (SSSR count). The Balaban J connectivity index is 1.45. The number of benzene rings is 1. The highest BCUT2D eigenvalue weighted by molar-refractivity contribution is 5.72. The van der Waals surface area contributed by atoms with Crippen molar-refractivity contribution in [2.24, 2.45) is 0 Å². The molecule has 0 aromatic heterocycles. The van der Waals surface area contributed by atoms with Gasteiger partial charge in [0.2, 0.25) is 0 Å². The lowest BCUT2D eigenvalue weighted by atomic mass is 9.87. The first-order valence-electron chi connectivity index (χ1n) is 9.44. The van der Waals surface area contributed by atoms with E-state index in [9.17, 15) is 5.21 Å². The Labute approximate surface area is 145 Å². The van der Waals surface area contributed by atoms with Crippen LogP contribution >= 0.6 is 0 Å². The molecule has 0 radical (unpaired) electrons. The summed E-state index contributed by atoms with van der Waals surface area (Å²) in [6, 6.07) is 8.22. The van der Waals surface area contributed by atoms with Crippen LogP contribution in [0.2, 0.25) is 0 Å². The first-order valence-corrected chi connectivity index (χ1v) is 9.44. The van der Waals surface area contributed by atoms with E-state index in [1.165, 1.54) is 25.7 Å². The summed E-state index contributed by atoms with van der Waals surface area (Å²) in [6.07, 6.45) is 11.5. The van der Waals surface area contributed by atoms with E-state index >= 15 is 0 Å². The van der Waals surface area contributed by atoms with E-state index in [0.29, 0.717) is 12.2 Å². The number of likely N-dealkylation sites (tertiary alicyclic amines) is 1. The zero-order valence-electron chi connectivity index (χ0n) is 14.7. The number of allylic oxidation sites excluding steroid dienone is 2. The van der Waals surface area contributed by atoms with Crippen LogP contribution in [0.1, 0.15) is 45.4 Å². The number of quaternary nitrogens is 1. The summed E-state index contributed by atoms with van der Waals surface area (Å²) in [6.45, 7) is 5.04. The zero-order chi connectivity index (χ0) is 16.6. The Hall–Kier alpha value is -1.36. The SMILES string of the molecule is CC1(N2CCC([N+]3([O-])CNc4ccccc43)CC2)CCC=CCC1. The maximum atomic E-state index is 13.5. The average Bonchev–Trinajstić information content (AvgIpc) is 2.81. The average molecular weight is 327 g/mol. The van der Waals surface area contributed by atoms with Gasteiger partial charge in [-0.05, 0) is 38.7 Å². The lowest BCUT2D eigenvalue weighted by molar-refractivity contribution is 0.0443. The summed E-state index contributed by atoms with van der Waals surface area (Å²) in [5.74, 6) is 0. The van der Waals surface area contributed by atoms with Crippen LogP contribution in [0.15, 0.2) is 36.4 Å². The quantitative estimate of drug-likeness (QED) is 0.502. The molecule has 0 spiro atoms. The highest BCUT2D eigenvalue weighted by atomic mass is 16.6. The molecule has 2 aliphatic heterocycles. The lowest BCUT2D eigenvalue weighted by Gasteiger charge is -2.51. The van der Waals surface area contributed by atoms with Crippen LogP contribution in [0.4, 0.5) is 11.4 Å². The van der Waals surface area contributed by atoms with Gasteiger partial charge in [0.15, 0.2) is 12.4 Å². The van der Waals surface area contributed by atoms with Gasteiger partial charge in [-0.1, -0.05) is 24.3 Å². The molecular formula is C20H29N3O. The fourth-order valence-electron chi connectivity index (χ4n) is 4.86. The molecule has 4 heteroatoms. The summed E-state index contributed by atoms with van der Waals surface area (Å²) in [5, 5.41) is 16.9. The maximum Gasteiger partial charge on any atom is 0.158 e. The second-order valence-electron chi connectivity index (χ2n) is 7.91. The second kappa shape index (κ2) is 6.17. The van der Waals surface area contributed by atoms with Crippen LogP contribution in [0.25, 0.3) is 0 Å². The molecule has 2 heterocycles. The van der Waals surface area contributed by atoms with Crippen molar-refractivity contribution in [2.45, 2.75) is 57.0 Å². The highest BCUT2D eigenvalue weighted by Gasteiger charge is 2.42. The van der Waals surface area contributed by atoms with Crippen molar-refractivity contribution < 1.29 is 0 Å². The molecule has 1 aromatic rings. The third-order valence-electron chi connectivity index (χ3n) is 6.50. The summed E-state index contributed by atoms with van der Waals surface area (Å²) >= 11 is 0. The van der Waals surface area contributed by atoms with Crippen molar-refractivity contribution in [3.63, 3.8) is 0 Å². The Bertz CT molecular complexity index is 611. The van der Waals surface area contributed by atoms with Crippen LogP contribution in [0.3, 0.4) is 0 Å². The molecule has 1 N–H and O–H groups in total. The number of para-hydroxylation sites is 2. The Morgan fingerprint density at radius 1 is 1.12 bits per heavy atom. The van der Waals surface area contributed by atoms with Crippen molar-refractivity contribution in [1.82, 2.24) is 9.55 Å². The first-order chi connectivity index (χ1) is 11.6. The van der Waals surface area contributed by atoms with Gasteiger partial charge in [-0.25, -0.2) is 0 Å². The van der Waals surface area contributed by atoms with Crippen molar-refractivity contribution >= 4 is 11.4 Å². The van der Waals surface area contributed by atoms with Crippen molar-refractivity contribution in [2.75, 3.05) is 25.1 Å². The van der Waals surface area contributed by atoms with E-state index in [4.69, 9.17) is 0 Å². The van der Waals surface area contributed by atoms with Gasteiger partial charge in [0, 0.05) is 37.5 Å². The molecule has 1 aromatic carbocycles. The molecule has 130 valence electrons. The number of anilines is 1. The number of piperidine rings is 1. The van der Waals surface area contributed by atoms with Gasteiger partial charge < -0.3 is 15.2 Å². The predicted octanol–water partition coefficient (Wildman–Crippen LogP) is 4.23. The van der Waals surface area contributed by atoms with Crippen molar-refractivity contribution in [3.8, 4) is 0 Å². The fraction of sp³-hybridized carbons (Fsp3) is 0.600. The van der Waals surface area contributed by atoms with Gasteiger partial charge in [-0.15, -0.1) is 0 Å². The van der Waals surface area contributed by atoms with Crippen LogP contribution in [-0.2, 0) is 0 Å². The molecule has 4 nitrogen and oxygen atoms in total. The van der Waals surface area contributed by atoms with E-state index in [1.54, 1.807) is 0 Å². The number of hydroxylamine groups is 2. The zero-order valence-corrected chi connectivity index (χ0v) is 14.7. The minimum absolute atomic E-state index is 0.178. The molecular weight excluding hydrogens is 298 g/mol. The van der Waals surface area contributed by atoms with E-state index in [1.807, 2.05) is 24.3 Å². The summed E-state index contributed by atoms with van der Waals surface area (Å²) in [7, 11) is 0. The largest absolute Gasteiger partial charge is 0.626 e. The summed E-state index contributed by atoms with van der Waals surface area (Å²) < 4.78 is -0.178. The normalized spacial score (nSPS) is 30.6. The molecule has 0 bridgehead atoms. The molecule has 1 fully saturated rings. The lowest BCUT2D eigenvalue weighted by Crippen LogP contribution is -2.59. The maximum absolute atomic E-state index is 13.5. The van der Waals surface area contributed by atoms with Gasteiger partial charge in [0.25, 0.3) is 0 Å². The molecule has 1 unspecified atom stereocenters. The standard InChI is InChI=1S/C20H29N3O/c1-20(12-6-2-3-7-13-20)22-14-10-17(11-15-22)23(24)16-21-18-8-4-5-9-19(18)23/h2-5,8-9,17,21H,6-7,10-16H2,1H3. The molecule has 1 saturated heterocycles. The van der Waals surface area contributed by atoms with Crippen LogP contribution in [0, 0.1) is 5.21 Å². The summed E-state index contributed by atoms with van der Waals surface area (Å²) in [5.41, 5.74) is 2.26. The van der Waals surface area contributed by atoms with Crippen LogP contribution in [-0.4, -0.2) is 36.2 Å². The molecule has 0 saturated carbocycles. The minimum Gasteiger partial charge on any atom is -0.626 e. The highest BCUT2D eigenvalue weighted by Crippen LogP contribution is 2.42. The molecule has 1 atom stereocenters. The van der Waals surface area contributed by atoms with Gasteiger partial charge in [0.1, 0.15) is 5.69 Å². The van der Waals surface area contributed by atoms with Gasteiger partial charge in [-0.2, -0.15) is 0 Å². The first kappa shape index (κ1) is 16.1. The molecule has 0 amide bonds. The van der Waals surface area contributed by atoms with E-state index in [-0.39, 0.29) is 10.7 Å². The number of fused-ring (bicyclic) bond motifs is 1. The van der Waals surface area contributed by atoms with E-state index in [0.717, 1.165) is 37.3 Å². The third-order valence-corrected chi connectivity index (χ3v) is 6.50. The topological polar surface area (TPSA) is 38.3 Å². The summed E-state index contributed by atoms with van der Waals surface area (Å²) in [4.78, 5) is 2.66. The molecule has 24 heavy (non-hydrogen) atoms. The van der Waals surface area contributed by atoms with Gasteiger partial charge >= 0.3 is 0 Å². The number of hydrogen-bond donors (Lipinski definition) is 1. The number of nitrogens with zero attached hydrogens (tertiary/aromatic N) is 2. The predicted molar refractivity (Wildman–Crippen MR) is 101 cm³/mol.